The summed E-state index contributed by atoms with van der Waals surface area (Å²) in [5, 5.41) is 12.5. The number of aliphatic hydroxyl groups is 1. The number of nitrogens with two attached hydrogens (primary N) is 1. The number of nitrogens with one attached hydrogen (secondary N) is 1. The van der Waals surface area contributed by atoms with E-state index in [0.717, 1.165) is 17.7 Å². The Morgan fingerprint density at radius 1 is 1.07 bits per heavy atom. The molecule has 1 aliphatic rings. The topological polar surface area (TPSA) is 92.4 Å². The van der Waals surface area contributed by atoms with Crippen molar-refractivity contribution in [3.63, 3.8) is 0 Å². The van der Waals surface area contributed by atoms with Crippen molar-refractivity contribution in [3.8, 4) is 11.8 Å². The zero-order valence-electron chi connectivity index (χ0n) is 17.2. The Bertz CT molecular complexity index is 933. The van der Waals surface area contributed by atoms with Crippen LogP contribution < -0.4 is 11.1 Å². The smallest absolute Gasteiger partial charge is 0.163 e. The minimum absolute atomic E-state index is 0.00988. The van der Waals surface area contributed by atoms with Gasteiger partial charge in [0.05, 0.1) is 0 Å². The van der Waals surface area contributed by atoms with Crippen LogP contribution in [0, 0.1) is 17.8 Å². The molecule has 0 amide bonds. The maximum absolute atomic E-state index is 12.5. The summed E-state index contributed by atoms with van der Waals surface area (Å²) in [6.45, 7) is 1.95. The predicted octanol–water partition coefficient (Wildman–Crippen LogP) is 2.44. The van der Waals surface area contributed by atoms with Gasteiger partial charge in [0.15, 0.2) is 11.6 Å². The molecule has 4 N–H and O–H groups in total. The second-order valence-electron chi connectivity index (χ2n) is 7.90. The average molecular weight is 405 g/mol. The van der Waals surface area contributed by atoms with E-state index in [9.17, 15) is 9.59 Å². The molecule has 0 saturated heterocycles. The van der Waals surface area contributed by atoms with Crippen molar-refractivity contribution < 1.29 is 14.7 Å². The van der Waals surface area contributed by atoms with Gasteiger partial charge in [0.1, 0.15) is 6.61 Å². The number of benzene rings is 2. The van der Waals surface area contributed by atoms with Crippen LogP contribution in [0.5, 0.6) is 0 Å². The Balaban J connectivity index is 1.59. The highest BCUT2D eigenvalue weighted by Crippen LogP contribution is 2.19. The van der Waals surface area contributed by atoms with Crippen LogP contribution in [0.4, 0.5) is 0 Å². The van der Waals surface area contributed by atoms with E-state index in [4.69, 9.17) is 10.8 Å². The van der Waals surface area contributed by atoms with Gasteiger partial charge in [-0.3, -0.25) is 9.59 Å². The van der Waals surface area contributed by atoms with E-state index in [0.29, 0.717) is 11.6 Å². The van der Waals surface area contributed by atoms with Gasteiger partial charge in [-0.25, -0.2) is 0 Å². The van der Waals surface area contributed by atoms with Crippen molar-refractivity contribution in [3.05, 3.63) is 70.8 Å². The SMILES string of the molecule is C[C@@H](N)[C@H](CC(=O)c1ccc(C#Cc2ccc(CNC3CC3)cc2)cc1)C(=O)CO. The molecule has 0 bridgehead atoms. The molecule has 2 aromatic carbocycles. The molecule has 156 valence electrons. The lowest BCUT2D eigenvalue weighted by molar-refractivity contribution is -0.126. The number of hydrogen-bond acceptors (Lipinski definition) is 5. The summed E-state index contributed by atoms with van der Waals surface area (Å²) in [6.07, 6.45) is 2.55. The second-order valence-corrected chi connectivity index (χ2v) is 7.90. The molecular formula is C25H28N2O3. The predicted molar refractivity (Wildman–Crippen MR) is 117 cm³/mol. The molecule has 1 aliphatic carbocycles. The van der Waals surface area contributed by atoms with Gasteiger partial charge in [-0.1, -0.05) is 36.1 Å². The molecule has 0 aliphatic heterocycles. The molecule has 2 atom stereocenters. The van der Waals surface area contributed by atoms with E-state index in [1.54, 1.807) is 31.2 Å². The monoisotopic (exact) mass is 404 g/mol. The third-order valence-electron chi connectivity index (χ3n) is 5.29. The number of aliphatic hydroxyl groups excluding tert-OH is 1. The van der Waals surface area contributed by atoms with Crippen molar-refractivity contribution in [2.75, 3.05) is 6.61 Å². The lowest BCUT2D eigenvalue weighted by Gasteiger charge is -2.17. The first-order valence-corrected chi connectivity index (χ1v) is 10.3. The van der Waals surface area contributed by atoms with E-state index in [2.05, 4.69) is 29.3 Å². The van der Waals surface area contributed by atoms with Crippen molar-refractivity contribution in [2.45, 2.75) is 44.8 Å². The standard InChI is InChI=1S/C25H28N2O3/c1-17(26)23(25(30)16-28)14-24(29)21-10-8-19(9-11-21)3-2-18-4-6-20(7-5-18)15-27-22-12-13-22/h4-11,17,22-23,27-28H,12-16,26H2,1H3/t17-,23+/m1/s1. The summed E-state index contributed by atoms with van der Waals surface area (Å²) in [5.41, 5.74) is 9.29. The van der Waals surface area contributed by atoms with Crippen LogP contribution in [-0.4, -0.2) is 35.4 Å². The molecule has 5 heteroatoms. The van der Waals surface area contributed by atoms with Crippen LogP contribution in [-0.2, 0) is 11.3 Å². The maximum Gasteiger partial charge on any atom is 0.163 e. The third kappa shape index (κ3) is 6.36. The molecule has 0 spiro atoms. The molecule has 3 rings (SSSR count). The molecule has 0 aromatic heterocycles. The Morgan fingerprint density at radius 3 is 2.13 bits per heavy atom. The van der Waals surface area contributed by atoms with E-state index >= 15 is 0 Å². The van der Waals surface area contributed by atoms with E-state index < -0.39 is 24.3 Å². The van der Waals surface area contributed by atoms with Gasteiger partial charge in [-0.2, -0.15) is 0 Å². The molecule has 1 fully saturated rings. The number of rotatable bonds is 9. The lowest BCUT2D eigenvalue weighted by atomic mass is 9.89. The van der Waals surface area contributed by atoms with Crippen LogP contribution in [0.3, 0.4) is 0 Å². The number of carbonyl (C=O) groups excluding carboxylic acids is 2. The largest absolute Gasteiger partial charge is 0.389 e. The summed E-state index contributed by atoms with van der Waals surface area (Å²) in [4.78, 5) is 24.3. The van der Waals surface area contributed by atoms with Crippen LogP contribution in [0.1, 0.15) is 53.2 Å². The Morgan fingerprint density at radius 2 is 1.63 bits per heavy atom. The third-order valence-corrected chi connectivity index (χ3v) is 5.29. The Hall–Kier alpha value is -2.78. The summed E-state index contributed by atoms with van der Waals surface area (Å²) in [7, 11) is 0. The van der Waals surface area contributed by atoms with E-state index in [1.807, 2.05) is 12.1 Å². The molecule has 30 heavy (non-hydrogen) atoms. The first kappa shape index (κ1) is 21.9. The molecular weight excluding hydrogens is 376 g/mol. The van der Waals surface area contributed by atoms with Crippen molar-refractivity contribution in [1.82, 2.24) is 5.32 Å². The molecule has 5 nitrogen and oxygen atoms in total. The summed E-state index contributed by atoms with van der Waals surface area (Å²) >= 11 is 0. The minimum Gasteiger partial charge on any atom is -0.389 e. The van der Waals surface area contributed by atoms with Crippen LogP contribution in [0.2, 0.25) is 0 Å². The maximum atomic E-state index is 12.5. The zero-order chi connectivity index (χ0) is 21.5. The fourth-order valence-electron chi connectivity index (χ4n) is 3.17. The minimum atomic E-state index is -0.676. The number of Topliss-reactive ketones (excluding diaryl/α,β-unsaturated/α-hetero) is 2. The van der Waals surface area contributed by atoms with Gasteiger partial charge in [0.25, 0.3) is 0 Å². The van der Waals surface area contributed by atoms with Gasteiger partial charge < -0.3 is 16.2 Å². The molecule has 2 aromatic rings. The highest BCUT2D eigenvalue weighted by Gasteiger charge is 2.25. The highest BCUT2D eigenvalue weighted by molar-refractivity contribution is 5.99. The van der Waals surface area contributed by atoms with Gasteiger partial charge in [-0.15, -0.1) is 0 Å². The Kier molecular flexibility index (Phi) is 7.53. The van der Waals surface area contributed by atoms with Crippen LogP contribution in [0.25, 0.3) is 0 Å². The summed E-state index contributed by atoms with van der Waals surface area (Å²) < 4.78 is 0. The Labute approximate surface area is 177 Å². The average Bonchev–Trinajstić information content (AvgIpc) is 3.59. The van der Waals surface area contributed by atoms with Crippen molar-refractivity contribution in [2.24, 2.45) is 11.7 Å². The quantitative estimate of drug-likeness (QED) is 0.441. The van der Waals surface area contributed by atoms with Crippen LogP contribution >= 0.6 is 0 Å². The number of carbonyl (C=O) groups is 2. The number of hydrogen-bond donors (Lipinski definition) is 3. The first-order valence-electron chi connectivity index (χ1n) is 10.3. The fraction of sp³-hybridized carbons (Fsp3) is 0.360. The fourth-order valence-corrected chi connectivity index (χ4v) is 3.17. The van der Waals surface area contributed by atoms with Crippen molar-refractivity contribution in [1.29, 1.82) is 0 Å². The normalized spacial score (nSPS) is 15.0. The summed E-state index contributed by atoms with van der Waals surface area (Å²) in [6, 6.07) is 15.4. The molecule has 0 unspecified atom stereocenters. The molecule has 0 radical (unpaired) electrons. The number of ketones is 2. The van der Waals surface area contributed by atoms with E-state index in [-0.39, 0.29) is 12.2 Å². The lowest BCUT2D eigenvalue weighted by Crippen LogP contribution is -2.36. The van der Waals surface area contributed by atoms with Gasteiger partial charge in [0, 0.05) is 47.7 Å². The van der Waals surface area contributed by atoms with Gasteiger partial charge in [-0.05, 0) is 49.6 Å². The van der Waals surface area contributed by atoms with Crippen LogP contribution in [0.15, 0.2) is 48.5 Å². The molecule has 0 heterocycles. The highest BCUT2D eigenvalue weighted by atomic mass is 16.3. The van der Waals surface area contributed by atoms with Crippen molar-refractivity contribution >= 4 is 11.6 Å². The van der Waals surface area contributed by atoms with Gasteiger partial charge in [0.2, 0.25) is 0 Å². The molecule has 1 saturated carbocycles. The first-order chi connectivity index (χ1) is 14.5. The second kappa shape index (κ2) is 10.3. The van der Waals surface area contributed by atoms with Gasteiger partial charge >= 0.3 is 0 Å². The zero-order valence-corrected chi connectivity index (χ0v) is 17.2. The summed E-state index contributed by atoms with van der Waals surface area (Å²) in [5.74, 6) is 4.99. The van der Waals surface area contributed by atoms with E-state index in [1.165, 1.54) is 18.4 Å².